The second kappa shape index (κ2) is 5.78. The van der Waals surface area contributed by atoms with Crippen LogP contribution in [0.5, 0.6) is 5.75 Å². The Kier molecular flexibility index (Phi) is 3.68. The number of hydrogen-bond acceptors (Lipinski definition) is 4. The van der Waals surface area contributed by atoms with Crippen molar-refractivity contribution in [1.82, 2.24) is 19.3 Å². The molecule has 0 aliphatic rings. The molecule has 108 valence electrons. The van der Waals surface area contributed by atoms with E-state index in [0.717, 1.165) is 13.0 Å². The van der Waals surface area contributed by atoms with Crippen molar-refractivity contribution in [2.45, 2.75) is 19.5 Å². The molecular formula is C15H16N4O2. The Bertz CT molecular complexity index is 793. The highest BCUT2D eigenvalue weighted by molar-refractivity contribution is 5.83. The van der Waals surface area contributed by atoms with Crippen LogP contribution in [0.1, 0.15) is 6.42 Å². The van der Waals surface area contributed by atoms with E-state index in [2.05, 4.69) is 10.1 Å². The van der Waals surface area contributed by atoms with Crippen LogP contribution in [0.15, 0.2) is 47.8 Å². The first-order valence-electron chi connectivity index (χ1n) is 6.79. The van der Waals surface area contributed by atoms with Gasteiger partial charge in [0.1, 0.15) is 11.1 Å². The highest BCUT2D eigenvalue weighted by Crippen LogP contribution is 2.19. The van der Waals surface area contributed by atoms with Crippen molar-refractivity contribution in [3.63, 3.8) is 0 Å². The Morgan fingerprint density at radius 3 is 2.90 bits per heavy atom. The molecule has 0 radical (unpaired) electrons. The molecule has 0 atom stereocenters. The minimum Gasteiger partial charge on any atom is -0.496 e. The van der Waals surface area contributed by atoms with Gasteiger partial charge in [-0.2, -0.15) is 5.10 Å². The zero-order chi connectivity index (χ0) is 14.7. The molecule has 0 N–H and O–H groups in total. The summed E-state index contributed by atoms with van der Waals surface area (Å²) < 4.78 is 8.73. The molecule has 0 aliphatic heterocycles. The van der Waals surface area contributed by atoms with Crippen molar-refractivity contribution in [3.05, 3.63) is 53.3 Å². The summed E-state index contributed by atoms with van der Waals surface area (Å²) in [6.45, 7) is 1.36. The largest absolute Gasteiger partial charge is 0.496 e. The topological polar surface area (TPSA) is 61.9 Å². The zero-order valence-electron chi connectivity index (χ0n) is 11.8. The normalized spacial score (nSPS) is 10.9. The Labute approximate surface area is 121 Å². The van der Waals surface area contributed by atoms with Gasteiger partial charge in [0.15, 0.2) is 0 Å². The maximum atomic E-state index is 12.5. The second-order valence-corrected chi connectivity index (χ2v) is 4.72. The fraction of sp³-hybridized carbons (Fsp3) is 0.267. The molecule has 6 nitrogen and oxygen atoms in total. The summed E-state index contributed by atoms with van der Waals surface area (Å²) in [7, 11) is 1.56. The molecule has 0 spiro atoms. The third kappa shape index (κ3) is 2.65. The van der Waals surface area contributed by atoms with Crippen LogP contribution in [0.3, 0.4) is 0 Å². The highest BCUT2D eigenvalue weighted by atomic mass is 16.5. The van der Waals surface area contributed by atoms with E-state index >= 15 is 0 Å². The Morgan fingerprint density at radius 1 is 1.24 bits per heavy atom. The first-order valence-corrected chi connectivity index (χ1v) is 6.79. The van der Waals surface area contributed by atoms with Gasteiger partial charge in [0.05, 0.1) is 19.0 Å². The van der Waals surface area contributed by atoms with E-state index < -0.39 is 0 Å². The van der Waals surface area contributed by atoms with Gasteiger partial charge in [-0.15, -0.1) is 0 Å². The number of ether oxygens (including phenoxy) is 1. The molecule has 1 aromatic carbocycles. The Balaban J connectivity index is 1.86. The zero-order valence-corrected chi connectivity index (χ0v) is 11.8. The van der Waals surface area contributed by atoms with Gasteiger partial charge in [-0.25, -0.2) is 4.98 Å². The number of nitrogens with zero attached hydrogens (tertiary/aromatic N) is 4. The van der Waals surface area contributed by atoms with Gasteiger partial charge in [-0.3, -0.25) is 14.0 Å². The summed E-state index contributed by atoms with van der Waals surface area (Å²) in [6.07, 6.45) is 6.05. The second-order valence-electron chi connectivity index (χ2n) is 4.72. The third-order valence-corrected chi connectivity index (χ3v) is 3.38. The lowest BCUT2D eigenvalue weighted by atomic mass is 10.2. The van der Waals surface area contributed by atoms with Crippen molar-refractivity contribution in [3.8, 4) is 5.75 Å². The minimum absolute atomic E-state index is 0.0714. The fourth-order valence-corrected chi connectivity index (χ4v) is 2.34. The summed E-state index contributed by atoms with van der Waals surface area (Å²) >= 11 is 0. The summed E-state index contributed by atoms with van der Waals surface area (Å²) in [6, 6.07) is 7.30. The lowest BCUT2D eigenvalue weighted by Gasteiger charge is -2.09. The number of fused-ring (bicyclic) bond motifs is 1. The van der Waals surface area contributed by atoms with Gasteiger partial charge >= 0.3 is 0 Å². The van der Waals surface area contributed by atoms with E-state index in [1.165, 1.54) is 0 Å². The number of rotatable bonds is 5. The predicted molar refractivity (Wildman–Crippen MR) is 79.4 cm³/mol. The standard InChI is InChI=1S/C15H16N4O2/c1-21-13-6-2-5-12-14(13)15(20)18(11-16-12)8-4-10-19-9-3-7-17-19/h2-3,5-7,9,11H,4,8,10H2,1H3. The fourth-order valence-electron chi connectivity index (χ4n) is 2.34. The molecule has 0 aliphatic carbocycles. The number of methoxy groups -OCH3 is 1. The molecule has 2 aromatic heterocycles. The Hall–Kier alpha value is -2.63. The molecule has 0 saturated heterocycles. The lowest BCUT2D eigenvalue weighted by molar-refractivity contribution is 0.419. The number of aromatic nitrogens is 4. The van der Waals surface area contributed by atoms with E-state index in [-0.39, 0.29) is 5.56 Å². The van der Waals surface area contributed by atoms with Crippen LogP contribution in [0.25, 0.3) is 10.9 Å². The van der Waals surface area contributed by atoms with Gasteiger partial charge < -0.3 is 4.74 Å². The van der Waals surface area contributed by atoms with Crippen LogP contribution >= 0.6 is 0 Å². The first kappa shape index (κ1) is 13.4. The molecule has 0 amide bonds. The lowest BCUT2D eigenvalue weighted by Crippen LogP contribution is -2.21. The molecule has 6 heteroatoms. The average Bonchev–Trinajstić information content (AvgIpc) is 3.02. The SMILES string of the molecule is COc1cccc2ncn(CCCn3cccn3)c(=O)c12. The van der Waals surface area contributed by atoms with Crippen LogP contribution < -0.4 is 10.3 Å². The van der Waals surface area contributed by atoms with Crippen molar-refractivity contribution < 1.29 is 4.74 Å². The molecule has 2 heterocycles. The summed E-state index contributed by atoms with van der Waals surface area (Å²) in [5.41, 5.74) is 0.584. The molecule has 21 heavy (non-hydrogen) atoms. The molecular weight excluding hydrogens is 268 g/mol. The summed E-state index contributed by atoms with van der Waals surface area (Å²) in [4.78, 5) is 16.8. The predicted octanol–water partition coefficient (Wildman–Crippen LogP) is 1.69. The van der Waals surface area contributed by atoms with Gasteiger partial charge in [0.2, 0.25) is 0 Å². The molecule has 3 rings (SSSR count). The van der Waals surface area contributed by atoms with Crippen LogP contribution in [0.4, 0.5) is 0 Å². The van der Waals surface area contributed by atoms with E-state index in [9.17, 15) is 4.79 Å². The van der Waals surface area contributed by atoms with Crippen LogP contribution in [0, 0.1) is 0 Å². The number of aryl methyl sites for hydroxylation is 2. The van der Waals surface area contributed by atoms with Gasteiger partial charge in [0.25, 0.3) is 5.56 Å². The molecule has 3 aromatic rings. The maximum Gasteiger partial charge on any atom is 0.264 e. The highest BCUT2D eigenvalue weighted by Gasteiger charge is 2.09. The van der Waals surface area contributed by atoms with E-state index in [1.807, 2.05) is 29.1 Å². The van der Waals surface area contributed by atoms with Gasteiger partial charge in [-0.1, -0.05) is 6.07 Å². The smallest absolute Gasteiger partial charge is 0.264 e. The minimum atomic E-state index is -0.0714. The van der Waals surface area contributed by atoms with Gasteiger partial charge in [-0.05, 0) is 24.6 Å². The third-order valence-electron chi connectivity index (χ3n) is 3.38. The summed E-state index contributed by atoms with van der Waals surface area (Å²) in [5, 5.41) is 4.67. The average molecular weight is 284 g/mol. The van der Waals surface area contributed by atoms with Crippen LogP contribution in [-0.2, 0) is 13.1 Å². The van der Waals surface area contributed by atoms with E-state index in [1.54, 1.807) is 30.3 Å². The van der Waals surface area contributed by atoms with Crippen molar-refractivity contribution in [1.29, 1.82) is 0 Å². The first-order chi connectivity index (χ1) is 10.3. The van der Waals surface area contributed by atoms with Crippen molar-refractivity contribution in [2.75, 3.05) is 7.11 Å². The van der Waals surface area contributed by atoms with Crippen molar-refractivity contribution >= 4 is 10.9 Å². The maximum absolute atomic E-state index is 12.5. The molecule has 0 unspecified atom stereocenters. The number of benzene rings is 1. The summed E-state index contributed by atoms with van der Waals surface area (Å²) in [5.74, 6) is 0.562. The molecule has 0 saturated carbocycles. The van der Waals surface area contributed by atoms with Crippen molar-refractivity contribution in [2.24, 2.45) is 0 Å². The van der Waals surface area contributed by atoms with E-state index in [4.69, 9.17) is 4.74 Å². The van der Waals surface area contributed by atoms with Crippen LogP contribution in [-0.4, -0.2) is 26.4 Å². The monoisotopic (exact) mass is 284 g/mol. The molecule has 0 bridgehead atoms. The van der Waals surface area contributed by atoms with E-state index in [0.29, 0.717) is 23.2 Å². The van der Waals surface area contributed by atoms with Gasteiger partial charge in [0, 0.05) is 25.5 Å². The van der Waals surface area contributed by atoms with Crippen LogP contribution in [0.2, 0.25) is 0 Å². The Morgan fingerprint density at radius 2 is 2.14 bits per heavy atom. The molecule has 0 fully saturated rings. The quantitative estimate of drug-likeness (QED) is 0.715. The number of hydrogen-bond donors (Lipinski definition) is 0.